The van der Waals surface area contributed by atoms with E-state index in [4.69, 9.17) is 4.74 Å². The van der Waals surface area contributed by atoms with Gasteiger partial charge in [-0.15, -0.1) is 0 Å². The fourth-order valence-electron chi connectivity index (χ4n) is 4.70. The monoisotopic (exact) mass is 434 g/mol. The number of carbonyl (C=O) groups excluding carboxylic acids is 1. The number of esters is 1. The minimum Gasteiger partial charge on any atom is -0.463 e. The van der Waals surface area contributed by atoms with E-state index in [2.05, 4.69) is 33.4 Å². The number of hydrogen-bond donors (Lipinski definition) is 1. The molecule has 1 aliphatic rings. The second kappa shape index (κ2) is 10.1. The average Bonchev–Trinajstić information content (AvgIpc) is 3.49. The number of nitrogens with zero attached hydrogens (tertiary/aromatic N) is 3. The molecule has 2 aromatic heterocycles. The molecular formula is C26H32N3O3+. The number of rotatable bonds is 9. The van der Waals surface area contributed by atoms with E-state index >= 15 is 0 Å². The van der Waals surface area contributed by atoms with Gasteiger partial charge in [0.1, 0.15) is 18.9 Å². The molecule has 3 aromatic rings. The van der Waals surface area contributed by atoms with Crippen LogP contribution in [0.15, 0.2) is 67.3 Å². The van der Waals surface area contributed by atoms with Gasteiger partial charge < -0.3 is 9.84 Å². The van der Waals surface area contributed by atoms with Gasteiger partial charge in [-0.05, 0) is 36.1 Å². The molecule has 0 radical (unpaired) electrons. The highest BCUT2D eigenvalue weighted by Gasteiger charge is 2.47. The second-order valence-electron chi connectivity index (χ2n) is 8.63. The number of carbonyl (C=O) groups is 1. The standard InChI is InChI=1S/C26H32N3O3/c1-21-28(17-18-29(21)20-22-12-14-27-15-13-22)16-7-19-32-25(30)26(31,24-10-5-6-11-24)23-8-3-2-4-9-23/h2-4,8-9,12-15,17-18,24,31H,5-7,10-11,16,19-20H2,1H3/q+1. The smallest absolute Gasteiger partial charge is 0.343 e. The van der Waals surface area contributed by atoms with Crippen molar-refractivity contribution in [3.05, 3.63) is 84.2 Å². The zero-order valence-electron chi connectivity index (χ0n) is 18.7. The quantitative estimate of drug-likeness (QED) is 0.318. The van der Waals surface area contributed by atoms with Gasteiger partial charge in [-0.3, -0.25) is 4.98 Å². The molecule has 1 fully saturated rings. The van der Waals surface area contributed by atoms with Crippen molar-refractivity contribution in [2.24, 2.45) is 5.92 Å². The van der Waals surface area contributed by atoms with Gasteiger partial charge in [0.25, 0.3) is 5.82 Å². The molecule has 32 heavy (non-hydrogen) atoms. The van der Waals surface area contributed by atoms with Gasteiger partial charge in [0.05, 0.1) is 13.2 Å². The van der Waals surface area contributed by atoms with Crippen LogP contribution in [-0.2, 0) is 28.2 Å². The molecule has 168 valence electrons. The highest BCUT2D eigenvalue weighted by atomic mass is 16.5. The number of hydrogen-bond acceptors (Lipinski definition) is 4. The molecule has 0 saturated heterocycles. The van der Waals surface area contributed by atoms with Crippen molar-refractivity contribution in [2.45, 2.75) is 57.7 Å². The molecule has 0 amide bonds. The minimum atomic E-state index is -1.56. The molecule has 1 atom stereocenters. The third-order valence-corrected chi connectivity index (χ3v) is 6.61. The predicted octanol–water partition coefficient (Wildman–Crippen LogP) is 3.54. The first-order chi connectivity index (χ1) is 15.6. The van der Waals surface area contributed by atoms with E-state index < -0.39 is 11.6 Å². The molecule has 0 aliphatic heterocycles. The SMILES string of the molecule is Cc1n(CCCOC(=O)C(O)(c2ccccc2)C2CCCC2)cc[n+]1Cc1ccncc1. The lowest BCUT2D eigenvalue weighted by Gasteiger charge is -2.32. The molecule has 1 aliphatic carbocycles. The summed E-state index contributed by atoms with van der Waals surface area (Å²) in [4.78, 5) is 17.1. The molecule has 1 N–H and O–H groups in total. The Morgan fingerprint density at radius 3 is 2.62 bits per heavy atom. The molecule has 6 heteroatoms. The fraction of sp³-hybridized carbons (Fsp3) is 0.423. The Balaban J connectivity index is 1.34. The van der Waals surface area contributed by atoms with Crippen molar-refractivity contribution < 1.29 is 19.2 Å². The van der Waals surface area contributed by atoms with Gasteiger partial charge in [0, 0.05) is 31.7 Å². The summed E-state index contributed by atoms with van der Waals surface area (Å²) in [5.74, 6) is 0.531. The topological polar surface area (TPSA) is 68.2 Å². The number of aromatic nitrogens is 3. The van der Waals surface area contributed by atoms with E-state index in [1.165, 1.54) is 5.56 Å². The lowest BCUT2D eigenvalue weighted by molar-refractivity contribution is -0.694. The Kier molecular flexibility index (Phi) is 7.00. The van der Waals surface area contributed by atoms with Gasteiger partial charge in [0.15, 0.2) is 5.60 Å². The van der Waals surface area contributed by atoms with Crippen molar-refractivity contribution in [1.82, 2.24) is 9.55 Å². The van der Waals surface area contributed by atoms with Crippen LogP contribution in [0.4, 0.5) is 0 Å². The van der Waals surface area contributed by atoms with E-state index in [0.29, 0.717) is 12.0 Å². The largest absolute Gasteiger partial charge is 0.463 e. The number of aliphatic hydroxyl groups is 1. The van der Waals surface area contributed by atoms with Crippen molar-refractivity contribution in [1.29, 1.82) is 0 Å². The van der Waals surface area contributed by atoms with Crippen LogP contribution < -0.4 is 4.57 Å². The summed E-state index contributed by atoms with van der Waals surface area (Å²) in [6.45, 7) is 3.90. The third-order valence-electron chi connectivity index (χ3n) is 6.61. The van der Waals surface area contributed by atoms with Gasteiger partial charge in [-0.25, -0.2) is 13.9 Å². The zero-order valence-corrected chi connectivity index (χ0v) is 18.7. The van der Waals surface area contributed by atoms with Gasteiger partial charge in [0.2, 0.25) is 0 Å². The molecule has 1 aromatic carbocycles. The maximum Gasteiger partial charge on any atom is 0.343 e. The van der Waals surface area contributed by atoms with E-state index in [1.807, 2.05) is 42.5 Å². The summed E-state index contributed by atoms with van der Waals surface area (Å²) in [5, 5.41) is 11.5. The number of imidazole rings is 1. The lowest BCUT2D eigenvalue weighted by Crippen LogP contribution is -2.43. The van der Waals surface area contributed by atoms with E-state index in [9.17, 15) is 9.90 Å². The average molecular weight is 435 g/mol. The van der Waals surface area contributed by atoms with Crippen LogP contribution in [0.3, 0.4) is 0 Å². The summed E-state index contributed by atoms with van der Waals surface area (Å²) in [5.41, 5.74) is 0.275. The molecular weight excluding hydrogens is 402 g/mol. The fourth-order valence-corrected chi connectivity index (χ4v) is 4.70. The normalized spacial score (nSPS) is 16.1. The summed E-state index contributed by atoms with van der Waals surface area (Å²) in [6, 6.07) is 13.3. The molecule has 0 bridgehead atoms. The van der Waals surface area contributed by atoms with Crippen molar-refractivity contribution >= 4 is 5.97 Å². The zero-order chi connectivity index (χ0) is 22.4. The Labute approximate surface area is 189 Å². The van der Waals surface area contributed by atoms with Gasteiger partial charge in [-0.2, -0.15) is 0 Å². The van der Waals surface area contributed by atoms with Crippen LogP contribution in [0.5, 0.6) is 0 Å². The Morgan fingerprint density at radius 1 is 1.19 bits per heavy atom. The van der Waals surface area contributed by atoms with E-state index in [-0.39, 0.29) is 12.5 Å². The van der Waals surface area contributed by atoms with Gasteiger partial charge >= 0.3 is 5.97 Å². The maximum atomic E-state index is 13.0. The molecule has 2 heterocycles. The summed E-state index contributed by atoms with van der Waals surface area (Å²) in [7, 11) is 0. The lowest BCUT2D eigenvalue weighted by atomic mass is 9.80. The first-order valence-electron chi connectivity index (χ1n) is 11.5. The van der Waals surface area contributed by atoms with Crippen LogP contribution in [0.2, 0.25) is 0 Å². The van der Waals surface area contributed by atoms with Crippen molar-refractivity contribution in [2.75, 3.05) is 6.61 Å². The van der Waals surface area contributed by atoms with Crippen LogP contribution >= 0.6 is 0 Å². The second-order valence-corrected chi connectivity index (χ2v) is 8.63. The van der Waals surface area contributed by atoms with Crippen molar-refractivity contribution in [3.8, 4) is 0 Å². The molecule has 6 nitrogen and oxygen atoms in total. The minimum absolute atomic E-state index is 0.0868. The van der Waals surface area contributed by atoms with Crippen LogP contribution in [0, 0.1) is 12.8 Å². The first kappa shape index (κ1) is 22.2. The number of aryl methyl sites for hydroxylation is 1. The number of ether oxygens (including phenoxy) is 1. The third kappa shape index (κ3) is 4.75. The van der Waals surface area contributed by atoms with E-state index in [1.54, 1.807) is 12.4 Å². The Morgan fingerprint density at radius 2 is 1.91 bits per heavy atom. The summed E-state index contributed by atoms with van der Waals surface area (Å²) in [6.07, 6.45) is 12.2. The predicted molar refractivity (Wildman–Crippen MR) is 121 cm³/mol. The van der Waals surface area contributed by atoms with E-state index in [0.717, 1.165) is 44.6 Å². The Bertz CT molecular complexity index is 1010. The van der Waals surface area contributed by atoms with Crippen LogP contribution in [-0.4, -0.2) is 27.2 Å². The number of benzene rings is 1. The first-order valence-corrected chi connectivity index (χ1v) is 11.5. The van der Waals surface area contributed by atoms with Gasteiger partial charge in [-0.1, -0.05) is 43.2 Å². The highest BCUT2D eigenvalue weighted by molar-refractivity contribution is 5.81. The summed E-state index contributed by atoms with van der Waals surface area (Å²) < 4.78 is 9.97. The Hall–Kier alpha value is -2.99. The highest BCUT2D eigenvalue weighted by Crippen LogP contribution is 2.41. The van der Waals surface area contributed by atoms with Crippen LogP contribution in [0.25, 0.3) is 0 Å². The maximum absolute atomic E-state index is 13.0. The molecule has 0 spiro atoms. The molecule has 4 rings (SSSR count). The molecule has 1 saturated carbocycles. The van der Waals surface area contributed by atoms with Crippen molar-refractivity contribution in [3.63, 3.8) is 0 Å². The summed E-state index contributed by atoms with van der Waals surface area (Å²) >= 11 is 0. The number of pyridine rings is 1. The van der Waals surface area contributed by atoms with Crippen LogP contribution in [0.1, 0.15) is 49.1 Å². The molecule has 1 unspecified atom stereocenters.